The number of unbranched alkanes of at least 4 members (excludes halogenated alkanes) is 1. The van der Waals surface area contributed by atoms with Crippen LogP contribution in [0, 0.1) is 0 Å². The lowest BCUT2D eigenvalue weighted by Gasteiger charge is -2.17. The Morgan fingerprint density at radius 2 is 2.07 bits per heavy atom. The first-order chi connectivity index (χ1) is 6.47. The normalized spacial score (nSPS) is 12.0. The summed E-state index contributed by atoms with van der Waals surface area (Å²) in [5, 5.41) is 0. The van der Waals surface area contributed by atoms with E-state index < -0.39 is 0 Å². The van der Waals surface area contributed by atoms with E-state index in [-0.39, 0.29) is 5.54 Å². The highest BCUT2D eigenvalue weighted by Gasteiger charge is 2.09. The summed E-state index contributed by atoms with van der Waals surface area (Å²) >= 11 is 5.30. The maximum atomic E-state index is 5.91. The van der Waals surface area contributed by atoms with E-state index in [0.29, 0.717) is 0 Å². The van der Waals surface area contributed by atoms with Crippen molar-refractivity contribution in [3.05, 3.63) is 20.8 Å². The molecule has 3 heteroatoms. The van der Waals surface area contributed by atoms with Crippen LogP contribution in [-0.2, 0) is 6.42 Å². The molecule has 0 saturated carbocycles. The van der Waals surface area contributed by atoms with Gasteiger partial charge in [-0.05, 0) is 61.2 Å². The minimum absolute atomic E-state index is 0.00394. The van der Waals surface area contributed by atoms with Crippen LogP contribution < -0.4 is 5.73 Å². The van der Waals surface area contributed by atoms with Crippen molar-refractivity contribution < 1.29 is 0 Å². The summed E-state index contributed by atoms with van der Waals surface area (Å²) in [6.45, 7) is 4.18. The van der Waals surface area contributed by atoms with E-state index in [9.17, 15) is 0 Å². The maximum Gasteiger partial charge on any atom is 0.0701 e. The first-order valence-electron chi connectivity index (χ1n) is 5.00. The van der Waals surface area contributed by atoms with Crippen LogP contribution in [0.15, 0.2) is 15.9 Å². The van der Waals surface area contributed by atoms with Gasteiger partial charge in [-0.1, -0.05) is 6.42 Å². The monoisotopic (exact) mass is 275 g/mol. The standard InChI is InChI=1S/C11H18BrNS/c1-11(2,13)8-4-3-5-9-6-7-10(12)14-9/h6-7H,3-5,8,13H2,1-2H3. The van der Waals surface area contributed by atoms with Gasteiger partial charge in [-0.25, -0.2) is 0 Å². The summed E-state index contributed by atoms with van der Waals surface area (Å²) in [7, 11) is 0. The molecule has 2 N–H and O–H groups in total. The van der Waals surface area contributed by atoms with Crippen molar-refractivity contribution in [3.63, 3.8) is 0 Å². The molecule has 0 aromatic carbocycles. The summed E-state index contributed by atoms with van der Waals surface area (Å²) in [6.07, 6.45) is 4.76. The molecule has 0 amide bonds. The van der Waals surface area contributed by atoms with Gasteiger partial charge in [0.05, 0.1) is 3.79 Å². The molecule has 14 heavy (non-hydrogen) atoms. The van der Waals surface area contributed by atoms with Crippen LogP contribution in [0.25, 0.3) is 0 Å². The Morgan fingerprint density at radius 3 is 2.57 bits per heavy atom. The Balaban J connectivity index is 2.16. The molecule has 0 bridgehead atoms. The van der Waals surface area contributed by atoms with Crippen molar-refractivity contribution in [1.82, 2.24) is 0 Å². The van der Waals surface area contributed by atoms with Crippen LogP contribution in [0.2, 0.25) is 0 Å². The second-order valence-electron chi connectivity index (χ2n) is 4.40. The molecule has 0 aliphatic heterocycles. The number of hydrogen-bond donors (Lipinski definition) is 1. The van der Waals surface area contributed by atoms with E-state index in [0.717, 1.165) is 6.42 Å². The summed E-state index contributed by atoms with van der Waals surface area (Å²) in [6, 6.07) is 4.31. The summed E-state index contributed by atoms with van der Waals surface area (Å²) < 4.78 is 1.23. The minimum Gasteiger partial charge on any atom is -0.326 e. The number of aryl methyl sites for hydroxylation is 1. The third-order valence-corrected chi connectivity index (χ3v) is 3.81. The van der Waals surface area contributed by atoms with E-state index in [1.807, 2.05) is 11.3 Å². The molecular formula is C11H18BrNS. The largest absolute Gasteiger partial charge is 0.326 e. The molecule has 1 heterocycles. The molecule has 0 unspecified atom stereocenters. The van der Waals surface area contributed by atoms with Gasteiger partial charge in [0, 0.05) is 10.4 Å². The van der Waals surface area contributed by atoms with Gasteiger partial charge in [0.15, 0.2) is 0 Å². The lowest BCUT2D eigenvalue weighted by Crippen LogP contribution is -2.31. The predicted octanol–water partition coefficient (Wildman–Crippen LogP) is 3.96. The van der Waals surface area contributed by atoms with Gasteiger partial charge >= 0.3 is 0 Å². The molecular weight excluding hydrogens is 258 g/mol. The van der Waals surface area contributed by atoms with Crippen molar-refractivity contribution in [2.24, 2.45) is 5.73 Å². The van der Waals surface area contributed by atoms with Gasteiger partial charge < -0.3 is 5.73 Å². The Hall–Kier alpha value is 0.140. The molecule has 1 nitrogen and oxygen atoms in total. The Kier molecular flexibility index (Phi) is 4.61. The fraction of sp³-hybridized carbons (Fsp3) is 0.636. The molecule has 0 fully saturated rings. The smallest absolute Gasteiger partial charge is 0.0701 e. The van der Waals surface area contributed by atoms with E-state index in [4.69, 9.17) is 5.73 Å². The molecule has 0 spiro atoms. The van der Waals surface area contributed by atoms with E-state index in [1.165, 1.54) is 27.9 Å². The van der Waals surface area contributed by atoms with Crippen molar-refractivity contribution in [3.8, 4) is 0 Å². The van der Waals surface area contributed by atoms with Gasteiger partial charge in [0.2, 0.25) is 0 Å². The third-order valence-electron chi connectivity index (χ3n) is 2.12. The van der Waals surface area contributed by atoms with E-state index >= 15 is 0 Å². The first-order valence-corrected chi connectivity index (χ1v) is 6.61. The number of hydrogen-bond acceptors (Lipinski definition) is 2. The molecule has 0 radical (unpaired) electrons. The minimum atomic E-state index is -0.00394. The fourth-order valence-corrected chi connectivity index (χ4v) is 2.89. The van der Waals surface area contributed by atoms with Crippen LogP contribution in [0.5, 0.6) is 0 Å². The third kappa shape index (κ3) is 5.13. The molecule has 80 valence electrons. The van der Waals surface area contributed by atoms with Crippen LogP contribution in [0.3, 0.4) is 0 Å². The number of rotatable bonds is 5. The number of halogens is 1. The van der Waals surface area contributed by atoms with Gasteiger partial charge in [0.1, 0.15) is 0 Å². The number of thiophene rings is 1. The molecule has 1 aromatic rings. The summed E-state index contributed by atoms with van der Waals surface area (Å²) in [4.78, 5) is 1.46. The zero-order chi connectivity index (χ0) is 10.6. The van der Waals surface area contributed by atoms with Crippen molar-refractivity contribution >= 4 is 27.3 Å². The zero-order valence-corrected chi connectivity index (χ0v) is 11.2. The Morgan fingerprint density at radius 1 is 1.36 bits per heavy atom. The zero-order valence-electron chi connectivity index (χ0n) is 8.85. The van der Waals surface area contributed by atoms with Crippen molar-refractivity contribution in [1.29, 1.82) is 0 Å². The summed E-state index contributed by atoms with van der Waals surface area (Å²) in [5.41, 5.74) is 5.91. The highest BCUT2D eigenvalue weighted by atomic mass is 79.9. The van der Waals surface area contributed by atoms with Crippen LogP contribution >= 0.6 is 27.3 Å². The molecule has 0 aliphatic carbocycles. The summed E-state index contributed by atoms with van der Waals surface area (Å²) in [5.74, 6) is 0. The second kappa shape index (κ2) is 5.29. The van der Waals surface area contributed by atoms with Crippen LogP contribution in [0.1, 0.15) is 38.0 Å². The maximum absolute atomic E-state index is 5.91. The van der Waals surface area contributed by atoms with Gasteiger partial charge in [-0.3, -0.25) is 0 Å². The lowest BCUT2D eigenvalue weighted by molar-refractivity contribution is 0.451. The lowest BCUT2D eigenvalue weighted by atomic mass is 9.98. The van der Waals surface area contributed by atoms with Gasteiger partial charge in [-0.2, -0.15) is 0 Å². The first kappa shape index (κ1) is 12.2. The Bertz CT molecular complexity index is 275. The van der Waals surface area contributed by atoms with Gasteiger partial charge in [-0.15, -0.1) is 11.3 Å². The van der Waals surface area contributed by atoms with E-state index in [2.05, 4.69) is 41.9 Å². The quantitative estimate of drug-likeness (QED) is 0.809. The fourth-order valence-electron chi connectivity index (χ4n) is 1.37. The average molecular weight is 276 g/mol. The average Bonchev–Trinajstić information content (AvgIpc) is 2.44. The Labute approximate surface area is 98.8 Å². The molecule has 0 atom stereocenters. The van der Waals surface area contributed by atoms with Crippen LogP contribution in [0.4, 0.5) is 0 Å². The van der Waals surface area contributed by atoms with Crippen LogP contribution in [-0.4, -0.2) is 5.54 Å². The van der Waals surface area contributed by atoms with Gasteiger partial charge in [0.25, 0.3) is 0 Å². The highest BCUT2D eigenvalue weighted by molar-refractivity contribution is 9.11. The topological polar surface area (TPSA) is 26.0 Å². The SMILES string of the molecule is CC(C)(N)CCCCc1ccc(Br)s1. The molecule has 0 saturated heterocycles. The molecule has 1 rings (SSSR count). The molecule has 1 aromatic heterocycles. The van der Waals surface area contributed by atoms with Crippen molar-refractivity contribution in [2.45, 2.75) is 45.1 Å². The number of nitrogens with two attached hydrogens (primary N) is 1. The van der Waals surface area contributed by atoms with Crippen molar-refractivity contribution in [2.75, 3.05) is 0 Å². The molecule has 0 aliphatic rings. The second-order valence-corrected chi connectivity index (χ2v) is 6.95. The predicted molar refractivity (Wildman–Crippen MR) is 67.8 cm³/mol. The van der Waals surface area contributed by atoms with E-state index in [1.54, 1.807) is 0 Å². The highest BCUT2D eigenvalue weighted by Crippen LogP contribution is 2.23.